The van der Waals surface area contributed by atoms with Gasteiger partial charge in [-0.25, -0.2) is 23.2 Å². The molecule has 0 aliphatic rings. The summed E-state index contributed by atoms with van der Waals surface area (Å²) in [6.07, 6.45) is -5.12. The Labute approximate surface area is 437 Å². The van der Waals surface area contributed by atoms with Crippen LogP contribution in [0.15, 0.2) is 82.4 Å². The summed E-state index contributed by atoms with van der Waals surface area (Å²) in [5.74, 6) is -11.7. The molecule has 0 spiro atoms. The van der Waals surface area contributed by atoms with Crippen molar-refractivity contribution in [2.45, 2.75) is 107 Å². The van der Waals surface area contributed by atoms with Gasteiger partial charge in [0.1, 0.15) is 42.0 Å². The van der Waals surface area contributed by atoms with Gasteiger partial charge >= 0.3 is 29.6 Å². The molecule has 1 aromatic heterocycles. The predicted octanol–water partition coefficient (Wildman–Crippen LogP) is -0.662. The maximum atomic E-state index is 14.9. The number of carboxylic acid groups (broad SMARTS) is 4. The molecule has 0 radical (unpaired) electrons. The third kappa shape index (κ3) is 17.6. The number of aliphatic hydroxyl groups is 1. The van der Waals surface area contributed by atoms with Crippen molar-refractivity contribution in [3.05, 3.63) is 128 Å². The predicted molar refractivity (Wildman–Crippen MR) is 269 cm³/mol. The number of hydrogen-bond donors (Lipinski definition) is 13. The minimum Gasteiger partial charge on any atom is -0.481 e. The number of nitrogens with one attached hydrogen (secondary N) is 5. The van der Waals surface area contributed by atoms with Crippen molar-refractivity contribution in [3.8, 4) is 11.1 Å². The van der Waals surface area contributed by atoms with E-state index < -0.39 is 164 Å². The summed E-state index contributed by atoms with van der Waals surface area (Å²) in [4.78, 5) is 126. The SMILES string of the molecule is Cc1c(-c2cccc(CCC(=O)N[C@@H](CCC(=O)N[C@H](CCC(=O)NC[C@H](N)C(=O)N[C@@H](CC(=O)O)C(O)N[C@@H](CS)C(=O)O)C(=O)O)C(=O)O)c2)c(=O)n(C[C@H](N)c2ccccc2)c(=O)n1Cc1c(F)cccc1F. The van der Waals surface area contributed by atoms with E-state index in [2.05, 4.69) is 39.2 Å². The molecule has 410 valence electrons. The second-order valence-corrected chi connectivity index (χ2v) is 17.8. The highest BCUT2D eigenvalue weighted by Gasteiger charge is 2.31. The molecule has 14 N–H and O–H groups in total. The van der Waals surface area contributed by atoms with Gasteiger partial charge in [-0.3, -0.25) is 48.0 Å². The first-order chi connectivity index (χ1) is 35.9. The number of halogens is 2. The molecule has 0 saturated heterocycles. The zero-order valence-corrected chi connectivity index (χ0v) is 41.7. The highest BCUT2D eigenvalue weighted by atomic mass is 32.1. The fourth-order valence-corrected chi connectivity index (χ4v) is 7.97. The van der Waals surface area contributed by atoms with Gasteiger partial charge in [-0.2, -0.15) is 12.6 Å². The Morgan fingerprint density at radius 2 is 1.28 bits per heavy atom. The molecule has 3 aromatic carbocycles. The largest absolute Gasteiger partial charge is 0.481 e. The molecule has 4 amide bonds. The number of aryl methyl sites for hydroxylation is 1. The fraction of sp³-hybridized carbons (Fsp3) is 0.388. The minimum atomic E-state index is -1.87. The van der Waals surface area contributed by atoms with Crippen molar-refractivity contribution in [1.82, 2.24) is 35.7 Å². The van der Waals surface area contributed by atoms with Gasteiger partial charge in [-0.15, -0.1) is 0 Å². The van der Waals surface area contributed by atoms with Gasteiger partial charge in [0.25, 0.3) is 5.56 Å². The van der Waals surface area contributed by atoms with Gasteiger partial charge in [0.15, 0.2) is 0 Å². The summed E-state index contributed by atoms with van der Waals surface area (Å²) in [7, 11) is 0. The Balaban J connectivity index is 1.35. The standard InChI is InChI=1S/C49H59F2N9O15S/c1-25-42(45(68)60(23-33(53)27-8-3-2-4-9-27)49(75)59(25)22-29-30(50)11-6-12-31(29)51)28-10-5-7-26(19-28)13-16-39(62)55-35(47(71)72)15-18-40(63)56-34(46(69)70)14-17-38(61)54-21-32(52)43(66)57-36(20-41(64)65)44(67)58-37(24-76)48(73)74/h2-12,19,32-37,44,58,67,76H,13-18,20-24,52-53H2,1H3,(H,54,61)(H,55,62)(H,56,63)(H,57,66)(H,64,65)(H,69,70)(H,71,72)(H,73,74)/t32-,33-,34+,35-,36-,37-,44?/m0/s1. The number of amides is 4. The van der Waals surface area contributed by atoms with E-state index in [4.69, 9.17) is 11.5 Å². The maximum absolute atomic E-state index is 14.9. The van der Waals surface area contributed by atoms with Gasteiger partial charge in [0.05, 0.1) is 31.1 Å². The van der Waals surface area contributed by atoms with Gasteiger partial charge in [-0.1, -0.05) is 60.7 Å². The van der Waals surface area contributed by atoms with Crippen LogP contribution in [0.1, 0.15) is 67.0 Å². The van der Waals surface area contributed by atoms with Crippen LogP contribution in [0, 0.1) is 18.6 Å². The monoisotopic (exact) mass is 1080 g/mol. The van der Waals surface area contributed by atoms with Crippen LogP contribution in [0.4, 0.5) is 8.78 Å². The quantitative estimate of drug-likeness (QED) is 0.0228. The second kappa shape index (κ2) is 28.7. The number of aliphatic carboxylic acids is 4. The van der Waals surface area contributed by atoms with E-state index in [0.29, 0.717) is 11.1 Å². The molecule has 7 atom stereocenters. The van der Waals surface area contributed by atoms with E-state index in [9.17, 15) is 82.3 Å². The van der Waals surface area contributed by atoms with Crippen LogP contribution >= 0.6 is 12.6 Å². The minimum absolute atomic E-state index is 0.00564. The molecule has 1 heterocycles. The molecule has 76 heavy (non-hydrogen) atoms. The number of benzene rings is 3. The Bertz CT molecular complexity index is 2870. The van der Waals surface area contributed by atoms with Crippen LogP contribution in [-0.2, 0) is 57.9 Å². The molecular weight excluding hydrogens is 1020 g/mol. The van der Waals surface area contributed by atoms with Gasteiger partial charge < -0.3 is 58.3 Å². The second-order valence-electron chi connectivity index (χ2n) is 17.5. The van der Waals surface area contributed by atoms with Crippen LogP contribution in [0.25, 0.3) is 11.1 Å². The highest BCUT2D eigenvalue weighted by molar-refractivity contribution is 7.80. The number of nitrogens with zero attached hydrogens (tertiary/aromatic N) is 2. The zero-order valence-electron chi connectivity index (χ0n) is 40.8. The molecule has 0 bridgehead atoms. The summed E-state index contributed by atoms with van der Waals surface area (Å²) in [6.45, 7) is 0.0237. The molecule has 1 unspecified atom stereocenters. The highest BCUT2D eigenvalue weighted by Crippen LogP contribution is 2.23. The normalized spacial score (nSPS) is 13.9. The topological polar surface area (TPSA) is 394 Å². The van der Waals surface area contributed by atoms with Crippen LogP contribution in [0.2, 0.25) is 0 Å². The molecule has 0 aliphatic carbocycles. The van der Waals surface area contributed by atoms with Crippen molar-refractivity contribution in [1.29, 1.82) is 0 Å². The summed E-state index contributed by atoms with van der Waals surface area (Å²) < 4.78 is 31.8. The maximum Gasteiger partial charge on any atom is 0.331 e. The summed E-state index contributed by atoms with van der Waals surface area (Å²) >= 11 is 3.83. The smallest absolute Gasteiger partial charge is 0.331 e. The number of carbonyl (C=O) groups excluding carboxylic acids is 4. The lowest BCUT2D eigenvalue weighted by Gasteiger charge is -2.27. The lowest BCUT2D eigenvalue weighted by Crippen LogP contribution is -2.59. The van der Waals surface area contributed by atoms with Crippen LogP contribution in [0.3, 0.4) is 0 Å². The van der Waals surface area contributed by atoms with Crippen LogP contribution in [0.5, 0.6) is 0 Å². The number of carboxylic acids is 4. The van der Waals surface area contributed by atoms with Crippen molar-refractivity contribution >= 4 is 60.1 Å². The Hall–Kier alpha value is -7.85. The number of thiol groups is 1. The van der Waals surface area contributed by atoms with E-state index in [0.717, 1.165) is 21.3 Å². The van der Waals surface area contributed by atoms with Crippen molar-refractivity contribution in [3.63, 3.8) is 0 Å². The number of hydrogen-bond acceptors (Lipinski definition) is 15. The third-order valence-electron chi connectivity index (χ3n) is 11.9. The van der Waals surface area contributed by atoms with E-state index >= 15 is 0 Å². The first-order valence-corrected chi connectivity index (χ1v) is 24.1. The van der Waals surface area contributed by atoms with Crippen LogP contribution in [-0.4, -0.2) is 131 Å². The molecule has 0 fully saturated rings. The van der Waals surface area contributed by atoms with E-state index in [1.165, 1.54) is 13.0 Å². The van der Waals surface area contributed by atoms with Crippen LogP contribution < -0.4 is 49.3 Å². The molecular formula is C49H59F2N9O15S. The van der Waals surface area contributed by atoms with Crippen molar-refractivity contribution in [2.75, 3.05) is 12.3 Å². The molecule has 4 aromatic rings. The lowest BCUT2D eigenvalue weighted by atomic mass is 10.00. The van der Waals surface area contributed by atoms with Gasteiger partial charge in [0.2, 0.25) is 23.6 Å². The van der Waals surface area contributed by atoms with E-state index in [-0.39, 0.29) is 42.0 Å². The first-order valence-electron chi connectivity index (χ1n) is 23.5. The van der Waals surface area contributed by atoms with Crippen molar-refractivity contribution in [2.24, 2.45) is 11.5 Å². The summed E-state index contributed by atoms with van der Waals surface area (Å²) in [5, 5.41) is 59.4. The fourth-order valence-electron chi connectivity index (χ4n) is 7.71. The summed E-state index contributed by atoms with van der Waals surface area (Å²) in [6, 6.07) is 9.59. The number of aromatic nitrogens is 2. The number of nitrogens with two attached hydrogens (primary N) is 2. The Kier molecular flexibility index (Phi) is 22.9. The summed E-state index contributed by atoms with van der Waals surface area (Å²) in [5.41, 5.74) is 11.7. The Morgan fingerprint density at radius 1 is 0.711 bits per heavy atom. The van der Waals surface area contributed by atoms with Gasteiger partial charge in [-0.05, 0) is 55.0 Å². The van der Waals surface area contributed by atoms with Gasteiger partial charge in [0, 0.05) is 48.9 Å². The number of carbonyl (C=O) groups is 8. The molecule has 4 rings (SSSR count). The molecule has 27 heteroatoms. The van der Waals surface area contributed by atoms with Crippen molar-refractivity contribution < 1.29 is 72.7 Å². The van der Waals surface area contributed by atoms with E-state index in [1.54, 1.807) is 54.6 Å². The number of aliphatic hydroxyl groups excluding tert-OH is 1. The number of rotatable bonds is 30. The lowest BCUT2D eigenvalue weighted by molar-refractivity contribution is -0.143. The zero-order chi connectivity index (χ0) is 56.4. The average Bonchev–Trinajstić information content (AvgIpc) is 3.37. The van der Waals surface area contributed by atoms with E-state index in [1.807, 2.05) is 0 Å². The third-order valence-corrected chi connectivity index (χ3v) is 12.3. The molecule has 0 saturated carbocycles. The average molecular weight is 1080 g/mol. The first kappa shape index (κ1) is 60.7. The molecule has 24 nitrogen and oxygen atoms in total. The molecule has 0 aliphatic heterocycles. The Morgan fingerprint density at radius 3 is 1.84 bits per heavy atom.